The second-order valence-electron chi connectivity index (χ2n) is 5.36. The zero-order valence-corrected chi connectivity index (χ0v) is 14.4. The van der Waals surface area contributed by atoms with Gasteiger partial charge in [-0.15, -0.1) is 0 Å². The van der Waals surface area contributed by atoms with E-state index in [1.807, 2.05) is 0 Å². The molecule has 1 unspecified atom stereocenters. The van der Waals surface area contributed by atoms with Gasteiger partial charge in [0.25, 0.3) is 0 Å². The van der Waals surface area contributed by atoms with Crippen LogP contribution in [0.1, 0.15) is 33.9 Å². The Morgan fingerprint density at radius 1 is 1.05 bits per heavy atom. The van der Waals surface area contributed by atoms with Crippen LogP contribution in [0.15, 0.2) is 36.4 Å². The van der Waals surface area contributed by atoms with E-state index in [2.05, 4.69) is 85.2 Å². The van der Waals surface area contributed by atoms with Gasteiger partial charge in [-0.05, 0) is 84.2 Å². The van der Waals surface area contributed by atoms with Crippen molar-refractivity contribution in [3.63, 3.8) is 0 Å². The van der Waals surface area contributed by atoms with Gasteiger partial charge in [0.05, 0.1) is 6.04 Å². The molecule has 2 nitrogen and oxygen atoms in total. The number of aryl methyl sites for hydroxylation is 3. The number of benzene rings is 2. The molecule has 0 aliphatic carbocycles. The predicted octanol–water partition coefficient (Wildman–Crippen LogP) is 3.96. The zero-order chi connectivity index (χ0) is 14.7. The molecule has 0 radical (unpaired) electrons. The van der Waals surface area contributed by atoms with E-state index in [1.165, 1.54) is 31.4 Å². The SMILES string of the molecule is Cc1cc(C)c(C(Cc2ccc(I)cc2)NN)c(C)c1. The lowest BCUT2D eigenvalue weighted by Crippen LogP contribution is -2.30. The van der Waals surface area contributed by atoms with Crippen LogP contribution in [0.25, 0.3) is 0 Å². The highest BCUT2D eigenvalue weighted by atomic mass is 127. The summed E-state index contributed by atoms with van der Waals surface area (Å²) in [4.78, 5) is 0. The summed E-state index contributed by atoms with van der Waals surface area (Å²) in [5.41, 5.74) is 9.50. The Bertz CT molecular complexity index is 567. The Morgan fingerprint density at radius 3 is 2.10 bits per heavy atom. The van der Waals surface area contributed by atoms with Crippen LogP contribution in [0.2, 0.25) is 0 Å². The lowest BCUT2D eigenvalue weighted by atomic mass is 9.91. The molecule has 1 atom stereocenters. The Hall–Kier alpha value is -0.910. The third kappa shape index (κ3) is 3.59. The van der Waals surface area contributed by atoms with Gasteiger partial charge in [0.15, 0.2) is 0 Å². The Kier molecular flexibility index (Phi) is 5.18. The summed E-state index contributed by atoms with van der Waals surface area (Å²) >= 11 is 2.32. The van der Waals surface area contributed by atoms with Crippen LogP contribution in [0, 0.1) is 24.3 Å². The summed E-state index contributed by atoms with van der Waals surface area (Å²) in [5, 5.41) is 0. The molecule has 2 aromatic rings. The average molecular weight is 380 g/mol. The normalized spacial score (nSPS) is 12.4. The number of halogens is 1. The molecule has 0 aromatic heterocycles. The van der Waals surface area contributed by atoms with Gasteiger partial charge >= 0.3 is 0 Å². The smallest absolute Gasteiger partial charge is 0.0505 e. The maximum absolute atomic E-state index is 5.81. The largest absolute Gasteiger partial charge is 0.271 e. The molecule has 0 aliphatic heterocycles. The quantitative estimate of drug-likeness (QED) is 0.479. The maximum Gasteiger partial charge on any atom is 0.0505 e. The van der Waals surface area contributed by atoms with E-state index in [0.717, 1.165) is 6.42 Å². The van der Waals surface area contributed by atoms with E-state index < -0.39 is 0 Å². The minimum Gasteiger partial charge on any atom is -0.271 e. The van der Waals surface area contributed by atoms with E-state index >= 15 is 0 Å². The molecule has 0 spiro atoms. The average Bonchev–Trinajstić information content (AvgIpc) is 2.38. The van der Waals surface area contributed by atoms with Crippen molar-refractivity contribution in [1.29, 1.82) is 0 Å². The Balaban J connectivity index is 2.31. The van der Waals surface area contributed by atoms with Gasteiger partial charge in [0.2, 0.25) is 0 Å². The van der Waals surface area contributed by atoms with Crippen molar-refractivity contribution in [3.05, 3.63) is 67.8 Å². The topological polar surface area (TPSA) is 38.0 Å². The highest BCUT2D eigenvalue weighted by Gasteiger charge is 2.15. The Labute approximate surface area is 134 Å². The van der Waals surface area contributed by atoms with Crippen molar-refractivity contribution in [3.8, 4) is 0 Å². The first-order valence-corrected chi connectivity index (χ1v) is 7.87. The lowest BCUT2D eigenvalue weighted by molar-refractivity contribution is 0.546. The summed E-state index contributed by atoms with van der Waals surface area (Å²) in [6, 6.07) is 13.2. The number of hydrogen-bond acceptors (Lipinski definition) is 2. The molecule has 0 aliphatic rings. The second-order valence-corrected chi connectivity index (χ2v) is 6.61. The van der Waals surface area contributed by atoms with E-state index in [-0.39, 0.29) is 6.04 Å². The summed E-state index contributed by atoms with van der Waals surface area (Å²) in [5.74, 6) is 5.81. The Morgan fingerprint density at radius 2 is 1.60 bits per heavy atom. The van der Waals surface area contributed by atoms with Crippen molar-refractivity contribution in [2.75, 3.05) is 0 Å². The van der Waals surface area contributed by atoms with Gasteiger partial charge in [-0.3, -0.25) is 11.3 Å². The first-order chi connectivity index (χ1) is 9.51. The number of nitrogens with two attached hydrogens (primary N) is 1. The first kappa shape index (κ1) is 15.5. The molecule has 20 heavy (non-hydrogen) atoms. The van der Waals surface area contributed by atoms with Crippen molar-refractivity contribution < 1.29 is 0 Å². The lowest BCUT2D eigenvalue weighted by Gasteiger charge is -2.21. The molecule has 0 saturated carbocycles. The van der Waals surface area contributed by atoms with Crippen molar-refractivity contribution in [2.24, 2.45) is 5.84 Å². The van der Waals surface area contributed by atoms with Gasteiger partial charge in [-0.2, -0.15) is 0 Å². The fourth-order valence-corrected chi connectivity index (χ4v) is 3.20. The van der Waals surface area contributed by atoms with Crippen LogP contribution in [0.5, 0.6) is 0 Å². The van der Waals surface area contributed by atoms with Gasteiger partial charge in [0, 0.05) is 3.57 Å². The van der Waals surface area contributed by atoms with Gasteiger partial charge < -0.3 is 0 Å². The van der Waals surface area contributed by atoms with Gasteiger partial charge in [-0.25, -0.2) is 0 Å². The molecule has 0 amide bonds. The highest BCUT2D eigenvalue weighted by Crippen LogP contribution is 2.26. The van der Waals surface area contributed by atoms with E-state index in [9.17, 15) is 0 Å². The second kappa shape index (κ2) is 6.70. The summed E-state index contributed by atoms with van der Waals surface area (Å²) in [7, 11) is 0. The fourth-order valence-electron chi connectivity index (χ4n) is 2.84. The molecule has 0 bridgehead atoms. The number of nitrogens with one attached hydrogen (secondary N) is 1. The molecule has 2 aromatic carbocycles. The minimum absolute atomic E-state index is 0.149. The molecule has 0 fully saturated rings. The van der Waals surface area contributed by atoms with Crippen LogP contribution in [0.3, 0.4) is 0 Å². The van der Waals surface area contributed by atoms with Crippen LogP contribution < -0.4 is 11.3 Å². The van der Waals surface area contributed by atoms with Crippen LogP contribution >= 0.6 is 22.6 Å². The van der Waals surface area contributed by atoms with E-state index in [0.29, 0.717) is 0 Å². The van der Waals surface area contributed by atoms with E-state index in [4.69, 9.17) is 5.84 Å². The minimum atomic E-state index is 0.149. The standard InChI is InChI=1S/C17H21IN2/c1-11-8-12(2)17(13(3)9-11)16(20-19)10-14-4-6-15(18)7-5-14/h4-9,16,20H,10,19H2,1-3H3. The molecular formula is C17H21IN2. The van der Waals surface area contributed by atoms with Crippen LogP contribution in [-0.2, 0) is 6.42 Å². The number of hydrogen-bond donors (Lipinski definition) is 2. The molecule has 106 valence electrons. The zero-order valence-electron chi connectivity index (χ0n) is 12.2. The third-order valence-electron chi connectivity index (χ3n) is 3.64. The molecule has 0 saturated heterocycles. The van der Waals surface area contributed by atoms with E-state index in [1.54, 1.807) is 0 Å². The third-order valence-corrected chi connectivity index (χ3v) is 4.36. The summed E-state index contributed by atoms with van der Waals surface area (Å²) < 4.78 is 1.26. The van der Waals surface area contributed by atoms with Crippen LogP contribution in [-0.4, -0.2) is 0 Å². The molecule has 2 rings (SSSR count). The van der Waals surface area contributed by atoms with Gasteiger partial charge in [0.1, 0.15) is 0 Å². The van der Waals surface area contributed by atoms with Crippen LogP contribution in [0.4, 0.5) is 0 Å². The predicted molar refractivity (Wildman–Crippen MR) is 93.6 cm³/mol. The fraction of sp³-hybridized carbons (Fsp3) is 0.294. The highest BCUT2D eigenvalue weighted by molar-refractivity contribution is 14.1. The monoisotopic (exact) mass is 380 g/mol. The molecule has 3 N–H and O–H groups in total. The number of hydrazine groups is 1. The van der Waals surface area contributed by atoms with Gasteiger partial charge in [-0.1, -0.05) is 29.8 Å². The molecule has 0 heterocycles. The first-order valence-electron chi connectivity index (χ1n) is 6.79. The number of rotatable bonds is 4. The van der Waals surface area contributed by atoms with Crippen molar-refractivity contribution >= 4 is 22.6 Å². The maximum atomic E-state index is 5.81. The van der Waals surface area contributed by atoms with Crippen molar-refractivity contribution in [2.45, 2.75) is 33.2 Å². The van der Waals surface area contributed by atoms with Crippen molar-refractivity contribution in [1.82, 2.24) is 5.43 Å². The summed E-state index contributed by atoms with van der Waals surface area (Å²) in [6.07, 6.45) is 0.901. The molecular weight excluding hydrogens is 359 g/mol. The summed E-state index contributed by atoms with van der Waals surface area (Å²) in [6.45, 7) is 6.45. The molecule has 3 heteroatoms.